The van der Waals surface area contributed by atoms with Gasteiger partial charge >= 0.3 is 5.97 Å². The maximum Gasteiger partial charge on any atom is 0.312 e. The lowest BCUT2D eigenvalue weighted by atomic mass is 10.1. The van der Waals surface area contributed by atoms with Crippen LogP contribution in [0.5, 0.6) is 0 Å². The fourth-order valence-corrected chi connectivity index (χ4v) is 0.942. The van der Waals surface area contributed by atoms with Gasteiger partial charge in [-0.3, -0.25) is 4.79 Å². The largest absolute Gasteiger partial charge is 0.481 e. The van der Waals surface area contributed by atoms with Gasteiger partial charge in [-0.25, -0.2) is 9.97 Å². The van der Waals surface area contributed by atoms with Crippen LogP contribution in [0.25, 0.3) is 0 Å². The summed E-state index contributed by atoms with van der Waals surface area (Å²) in [5.74, 6) is -1.56. The highest BCUT2D eigenvalue weighted by Gasteiger charge is 2.18. The quantitative estimate of drug-likeness (QED) is 0.708. The van der Waals surface area contributed by atoms with Gasteiger partial charge in [-0.1, -0.05) is 0 Å². The van der Waals surface area contributed by atoms with Crippen LogP contribution in [-0.2, 0) is 4.79 Å². The van der Waals surface area contributed by atoms with Gasteiger partial charge in [0.2, 0.25) is 0 Å². The number of carboxylic acid groups (broad SMARTS) is 1. The van der Waals surface area contributed by atoms with Crippen molar-refractivity contribution in [2.45, 2.75) is 12.8 Å². The zero-order valence-electron chi connectivity index (χ0n) is 7.40. The van der Waals surface area contributed by atoms with Crippen LogP contribution in [0, 0.1) is 6.33 Å². The van der Waals surface area contributed by atoms with E-state index in [0.29, 0.717) is 11.4 Å². The average molecular weight is 180 g/mol. The molecule has 0 aliphatic rings. The Morgan fingerprint density at radius 1 is 1.77 bits per heavy atom. The molecule has 13 heavy (non-hydrogen) atoms. The average Bonchev–Trinajstić information content (AvgIpc) is 2.16. The minimum atomic E-state index is -0.913. The number of anilines is 1. The molecule has 0 bridgehead atoms. The Morgan fingerprint density at radius 2 is 2.46 bits per heavy atom. The van der Waals surface area contributed by atoms with Crippen LogP contribution < -0.4 is 5.32 Å². The van der Waals surface area contributed by atoms with Crippen molar-refractivity contribution < 1.29 is 9.90 Å². The molecule has 0 saturated heterocycles. The Bertz CT molecular complexity index is 314. The molecule has 1 rings (SSSR count). The van der Waals surface area contributed by atoms with Crippen LogP contribution in [0.2, 0.25) is 0 Å². The molecule has 5 heteroatoms. The second kappa shape index (κ2) is 3.84. The van der Waals surface area contributed by atoms with Gasteiger partial charge < -0.3 is 10.4 Å². The van der Waals surface area contributed by atoms with Crippen molar-refractivity contribution in [1.29, 1.82) is 0 Å². The fourth-order valence-electron chi connectivity index (χ4n) is 0.942. The molecule has 1 heterocycles. The highest BCUT2D eigenvalue weighted by molar-refractivity contribution is 5.77. The van der Waals surface area contributed by atoms with Gasteiger partial charge in [-0.2, -0.15) is 0 Å². The maximum absolute atomic E-state index is 10.7. The lowest BCUT2D eigenvalue weighted by Crippen LogP contribution is -2.12. The predicted molar refractivity (Wildman–Crippen MR) is 46.5 cm³/mol. The highest BCUT2D eigenvalue weighted by atomic mass is 16.4. The lowest BCUT2D eigenvalue weighted by molar-refractivity contribution is -0.138. The minimum absolute atomic E-state index is 0.449. The van der Waals surface area contributed by atoms with Crippen LogP contribution in [0.4, 0.5) is 5.69 Å². The summed E-state index contributed by atoms with van der Waals surface area (Å²) < 4.78 is 0. The van der Waals surface area contributed by atoms with Gasteiger partial charge in [0.25, 0.3) is 0 Å². The van der Waals surface area contributed by atoms with Gasteiger partial charge in [-0.05, 0) is 6.92 Å². The van der Waals surface area contributed by atoms with Crippen LogP contribution in [0.1, 0.15) is 18.5 Å². The zero-order chi connectivity index (χ0) is 9.84. The normalized spacial score (nSPS) is 12.2. The predicted octanol–water partition coefficient (Wildman–Crippen LogP) is 0.507. The molecule has 0 aliphatic heterocycles. The van der Waals surface area contributed by atoms with Crippen molar-refractivity contribution in [3.05, 3.63) is 18.2 Å². The molecular formula is C8H10N3O2. The third-order valence-electron chi connectivity index (χ3n) is 1.75. The standard InChI is InChI=1S/C8H10N3O2/c1-5(8(12)13)7-6(9-2)3-10-4-11-7/h3,5,9H,1-2H3,(H,12,13). The van der Waals surface area contributed by atoms with Crippen molar-refractivity contribution in [1.82, 2.24) is 9.97 Å². The number of hydrogen-bond donors (Lipinski definition) is 2. The second-order valence-electron chi connectivity index (χ2n) is 2.58. The molecule has 0 aromatic carbocycles. The number of aliphatic carboxylic acids is 1. The Balaban J connectivity index is 3.05. The maximum atomic E-state index is 10.7. The fraction of sp³-hybridized carbons (Fsp3) is 0.375. The summed E-state index contributed by atoms with van der Waals surface area (Å²) in [4.78, 5) is 18.1. The van der Waals surface area contributed by atoms with Crippen LogP contribution >= 0.6 is 0 Å². The number of rotatable bonds is 3. The third-order valence-corrected chi connectivity index (χ3v) is 1.75. The van der Waals surface area contributed by atoms with Gasteiger partial charge in [0.15, 0.2) is 6.33 Å². The van der Waals surface area contributed by atoms with E-state index in [2.05, 4.69) is 21.6 Å². The number of carboxylic acids is 1. The minimum Gasteiger partial charge on any atom is -0.481 e. The van der Waals surface area contributed by atoms with Crippen molar-refractivity contribution in [2.75, 3.05) is 12.4 Å². The summed E-state index contributed by atoms with van der Waals surface area (Å²) in [7, 11) is 1.69. The Labute approximate surface area is 75.8 Å². The molecule has 1 radical (unpaired) electrons. The van der Waals surface area contributed by atoms with E-state index >= 15 is 0 Å². The number of hydrogen-bond acceptors (Lipinski definition) is 4. The first-order chi connectivity index (χ1) is 6.16. The smallest absolute Gasteiger partial charge is 0.312 e. The molecule has 0 amide bonds. The molecule has 0 saturated carbocycles. The molecule has 1 atom stereocenters. The first kappa shape index (κ1) is 9.44. The summed E-state index contributed by atoms with van der Waals surface area (Å²) >= 11 is 0. The summed E-state index contributed by atoms with van der Waals surface area (Å²) in [6.07, 6.45) is 3.87. The van der Waals surface area contributed by atoms with E-state index in [-0.39, 0.29) is 0 Å². The van der Waals surface area contributed by atoms with Crippen molar-refractivity contribution in [2.24, 2.45) is 0 Å². The number of nitrogens with one attached hydrogen (secondary N) is 1. The van der Waals surface area contributed by atoms with Crippen LogP contribution in [0.3, 0.4) is 0 Å². The molecule has 69 valence electrons. The molecule has 1 aromatic rings. The Kier molecular flexibility index (Phi) is 2.79. The van der Waals surface area contributed by atoms with Crippen molar-refractivity contribution >= 4 is 11.7 Å². The molecule has 1 unspecified atom stereocenters. The monoisotopic (exact) mass is 180 g/mol. The van der Waals surface area contributed by atoms with Gasteiger partial charge in [0.1, 0.15) is 0 Å². The molecule has 2 N–H and O–H groups in total. The van der Waals surface area contributed by atoms with E-state index in [0.717, 1.165) is 0 Å². The van der Waals surface area contributed by atoms with Gasteiger partial charge in [-0.15, -0.1) is 0 Å². The van der Waals surface area contributed by atoms with E-state index in [1.807, 2.05) is 0 Å². The molecule has 0 fully saturated rings. The molecule has 0 aliphatic carbocycles. The van der Waals surface area contributed by atoms with E-state index in [1.54, 1.807) is 14.0 Å². The first-order valence-electron chi connectivity index (χ1n) is 3.80. The lowest BCUT2D eigenvalue weighted by Gasteiger charge is -2.09. The Morgan fingerprint density at radius 3 is 3.00 bits per heavy atom. The first-order valence-corrected chi connectivity index (χ1v) is 3.80. The van der Waals surface area contributed by atoms with Crippen molar-refractivity contribution in [3.63, 3.8) is 0 Å². The van der Waals surface area contributed by atoms with E-state index in [9.17, 15) is 4.79 Å². The van der Waals surface area contributed by atoms with Crippen molar-refractivity contribution in [3.8, 4) is 0 Å². The van der Waals surface area contributed by atoms with E-state index < -0.39 is 11.9 Å². The third kappa shape index (κ3) is 1.93. The summed E-state index contributed by atoms with van der Waals surface area (Å²) in [5, 5.41) is 11.6. The Hall–Kier alpha value is -1.65. The van der Waals surface area contributed by atoms with Crippen LogP contribution in [0.15, 0.2) is 6.20 Å². The number of carbonyl (C=O) groups is 1. The van der Waals surface area contributed by atoms with Gasteiger partial charge in [0, 0.05) is 7.05 Å². The molecule has 1 aromatic heterocycles. The SMILES string of the molecule is CNc1cn[c]nc1C(C)C(=O)O. The topological polar surface area (TPSA) is 75.1 Å². The second-order valence-corrected chi connectivity index (χ2v) is 2.58. The molecular weight excluding hydrogens is 170 g/mol. The number of aromatic nitrogens is 2. The van der Waals surface area contributed by atoms with E-state index in [1.165, 1.54) is 6.20 Å². The molecule has 5 nitrogen and oxygen atoms in total. The number of nitrogens with zero attached hydrogens (tertiary/aromatic N) is 2. The van der Waals surface area contributed by atoms with Crippen LogP contribution in [-0.4, -0.2) is 28.1 Å². The summed E-state index contributed by atoms with van der Waals surface area (Å²) in [6, 6.07) is 0. The zero-order valence-corrected chi connectivity index (χ0v) is 7.40. The van der Waals surface area contributed by atoms with Gasteiger partial charge in [0.05, 0.1) is 23.5 Å². The summed E-state index contributed by atoms with van der Waals surface area (Å²) in [6.45, 7) is 1.57. The summed E-state index contributed by atoms with van der Waals surface area (Å²) in [5.41, 5.74) is 1.07. The highest BCUT2D eigenvalue weighted by Crippen LogP contribution is 2.19. The van der Waals surface area contributed by atoms with E-state index in [4.69, 9.17) is 5.11 Å². The molecule has 0 spiro atoms.